The lowest BCUT2D eigenvalue weighted by Crippen LogP contribution is -2.29. The zero-order valence-corrected chi connectivity index (χ0v) is 22.1. The van der Waals surface area contributed by atoms with E-state index in [-0.39, 0.29) is 23.4 Å². The highest BCUT2D eigenvalue weighted by atomic mass is 32.2. The molecular weight excluding hydrogens is 505 g/mol. The van der Waals surface area contributed by atoms with E-state index >= 15 is 0 Å². The Morgan fingerprint density at radius 1 is 1.03 bits per heavy atom. The van der Waals surface area contributed by atoms with E-state index < -0.39 is 17.6 Å². The number of nitrogens with one attached hydrogen (secondary N) is 1. The maximum absolute atomic E-state index is 13.1. The lowest BCUT2D eigenvalue weighted by molar-refractivity contribution is -0.137. The van der Waals surface area contributed by atoms with Crippen LogP contribution in [0, 0.1) is 0 Å². The van der Waals surface area contributed by atoms with E-state index in [1.54, 1.807) is 4.90 Å². The number of unbranched alkanes of at least 4 members (excludes halogenated alkanes) is 2. The highest BCUT2D eigenvalue weighted by Gasteiger charge is 2.34. The number of hydrogen-bond acceptors (Lipinski definition) is 4. The van der Waals surface area contributed by atoms with Gasteiger partial charge in [-0.05, 0) is 47.6 Å². The molecule has 0 radical (unpaired) electrons. The Bertz CT molecular complexity index is 1150. The van der Waals surface area contributed by atoms with Gasteiger partial charge in [0.1, 0.15) is 4.32 Å². The zero-order valence-electron chi connectivity index (χ0n) is 20.4. The molecule has 0 saturated carbocycles. The fourth-order valence-corrected chi connectivity index (χ4v) is 5.02. The Morgan fingerprint density at radius 3 is 2.33 bits per heavy atom. The molecule has 4 nitrogen and oxygen atoms in total. The minimum absolute atomic E-state index is 0.0518. The number of alkyl halides is 3. The summed E-state index contributed by atoms with van der Waals surface area (Å²) in [5.41, 5.74) is 1.08. The summed E-state index contributed by atoms with van der Waals surface area (Å²) in [4.78, 5) is 27.1. The maximum atomic E-state index is 13.1. The van der Waals surface area contributed by atoms with Crippen LogP contribution in [0.2, 0.25) is 0 Å². The second-order valence-electron chi connectivity index (χ2n) is 9.61. The highest BCUT2D eigenvalue weighted by Crippen LogP contribution is 2.35. The molecule has 3 rings (SSSR count). The predicted octanol–water partition coefficient (Wildman–Crippen LogP) is 7.40. The first-order valence-corrected chi connectivity index (χ1v) is 12.9. The van der Waals surface area contributed by atoms with Gasteiger partial charge >= 0.3 is 6.18 Å². The van der Waals surface area contributed by atoms with Gasteiger partial charge in [-0.15, -0.1) is 0 Å². The van der Waals surface area contributed by atoms with Gasteiger partial charge in [-0.25, -0.2) is 0 Å². The maximum Gasteiger partial charge on any atom is 0.418 e. The summed E-state index contributed by atoms with van der Waals surface area (Å²) < 4.78 is 39.7. The number of amides is 2. The fraction of sp³-hybridized carbons (Fsp3) is 0.370. The lowest BCUT2D eigenvalue weighted by atomic mass is 9.87. The summed E-state index contributed by atoms with van der Waals surface area (Å²) in [6.45, 7) is 6.87. The normalized spacial score (nSPS) is 15.6. The van der Waals surface area contributed by atoms with Crippen LogP contribution in [0.4, 0.5) is 18.9 Å². The third-order valence-corrected chi connectivity index (χ3v) is 7.12. The minimum Gasteiger partial charge on any atom is -0.326 e. The van der Waals surface area contributed by atoms with Crippen molar-refractivity contribution in [2.75, 3.05) is 11.9 Å². The number of halogens is 3. The molecule has 0 aromatic heterocycles. The molecule has 1 N–H and O–H groups in total. The van der Waals surface area contributed by atoms with Gasteiger partial charge in [-0.3, -0.25) is 14.5 Å². The topological polar surface area (TPSA) is 49.4 Å². The van der Waals surface area contributed by atoms with Crippen molar-refractivity contribution in [2.45, 2.75) is 58.0 Å². The molecule has 1 heterocycles. The number of hydrogen-bond donors (Lipinski definition) is 1. The molecule has 192 valence electrons. The highest BCUT2D eigenvalue weighted by molar-refractivity contribution is 8.26. The van der Waals surface area contributed by atoms with E-state index in [9.17, 15) is 22.8 Å². The number of carbonyl (C=O) groups excluding carboxylic acids is 2. The number of para-hydroxylation sites is 1. The minimum atomic E-state index is -4.54. The lowest BCUT2D eigenvalue weighted by Gasteiger charge is -2.18. The predicted molar refractivity (Wildman–Crippen MR) is 144 cm³/mol. The Hall–Kier alpha value is -2.65. The number of rotatable bonds is 8. The zero-order chi connectivity index (χ0) is 26.5. The molecule has 2 aromatic carbocycles. The molecular formula is C27H29F3N2O2S2. The van der Waals surface area contributed by atoms with Crippen LogP contribution in [-0.4, -0.2) is 27.6 Å². The van der Waals surface area contributed by atoms with Crippen molar-refractivity contribution in [3.8, 4) is 0 Å². The van der Waals surface area contributed by atoms with Gasteiger partial charge in [0.05, 0.1) is 16.2 Å². The smallest absolute Gasteiger partial charge is 0.326 e. The van der Waals surface area contributed by atoms with Crippen molar-refractivity contribution >= 4 is 51.9 Å². The summed E-state index contributed by atoms with van der Waals surface area (Å²) in [6, 6.07) is 13.0. The number of thiocarbonyl (C=S) groups is 1. The van der Waals surface area contributed by atoms with Gasteiger partial charge in [0.2, 0.25) is 5.91 Å². The van der Waals surface area contributed by atoms with E-state index in [4.69, 9.17) is 12.2 Å². The summed E-state index contributed by atoms with van der Waals surface area (Å²) in [6.07, 6.45) is -0.842. The molecule has 0 bridgehead atoms. The molecule has 2 aromatic rings. The standard InChI is InChI=1S/C27H29F3N2O2S2/c1-26(2,3)19-14-12-18(13-15-19)17-22-24(34)32(25(35)36-22)16-8-4-5-11-23(33)31-21-10-7-6-9-20(21)27(28,29)30/h6-7,9-10,12-15,17H,4-5,8,11,16H2,1-3H3,(H,31,33)/b22-17-. The van der Waals surface area contributed by atoms with Crippen molar-refractivity contribution in [3.63, 3.8) is 0 Å². The molecule has 36 heavy (non-hydrogen) atoms. The van der Waals surface area contributed by atoms with Gasteiger partial charge < -0.3 is 5.32 Å². The van der Waals surface area contributed by atoms with Gasteiger partial charge in [-0.1, -0.05) is 87.6 Å². The number of carbonyl (C=O) groups is 2. The molecule has 1 fully saturated rings. The Labute approximate surface area is 219 Å². The van der Waals surface area contributed by atoms with Crippen LogP contribution in [0.15, 0.2) is 53.4 Å². The Balaban J connectivity index is 1.46. The molecule has 0 atom stereocenters. The van der Waals surface area contributed by atoms with Crippen molar-refractivity contribution in [3.05, 3.63) is 70.1 Å². The summed E-state index contributed by atoms with van der Waals surface area (Å²) in [5, 5.41) is 2.35. The molecule has 0 aliphatic carbocycles. The van der Waals surface area contributed by atoms with E-state index in [0.717, 1.165) is 11.6 Å². The first-order chi connectivity index (χ1) is 16.9. The van der Waals surface area contributed by atoms with Crippen LogP contribution < -0.4 is 5.32 Å². The molecule has 1 aliphatic rings. The van der Waals surface area contributed by atoms with E-state index in [1.165, 1.54) is 35.5 Å². The molecule has 2 amide bonds. The van der Waals surface area contributed by atoms with Gasteiger partial charge in [0.25, 0.3) is 5.91 Å². The number of benzene rings is 2. The van der Waals surface area contributed by atoms with Crippen LogP contribution in [0.5, 0.6) is 0 Å². The van der Waals surface area contributed by atoms with Crippen LogP contribution in [0.25, 0.3) is 6.08 Å². The quantitative estimate of drug-likeness (QED) is 0.218. The average molecular weight is 535 g/mol. The van der Waals surface area contributed by atoms with Crippen LogP contribution in [-0.2, 0) is 21.2 Å². The van der Waals surface area contributed by atoms with Gasteiger partial charge in [-0.2, -0.15) is 13.2 Å². The van der Waals surface area contributed by atoms with Crippen LogP contribution in [0.1, 0.15) is 63.1 Å². The summed E-state index contributed by atoms with van der Waals surface area (Å²) in [7, 11) is 0. The fourth-order valence-electron chi connectivity index (χ4n) is 3.71. The Kier molecular flexibility index (Phi) is 9.00. The van der Waals surface area contributed by atoms with E-state index in [1.807, 2.05) is 18.2 Å². The number of thioether (sulfide) groups is 1. The summed E-state index contributed by atoms with van der Waals surface area (Å²) >= 11 is 6.66. The van der Waals surface area contributed by atoms with Crippen molar-refractivity contribution in [2.24, 2.45) is 0 Å². The third kappa shape index (κ3) is 7.43. The number of anilines is 1. The average Bonchev–Trinajstić information content (AvgIpc) is 3.05. The van der Waals surface area contributed by atoms with Gasteiger partial charge in [0, 0.05) is 13.0 Å². The first kappa shape index (κ1) is 27.9. The molecule has 0 spiro atoms. The van der Waals surface area contributed by atoms with Crippen molar-refractivity contribution in [1.29, 1.82) is 0 Å². The molecule has 0 unspecified atom stereocenters. The van der Waals surface area contributed by atoms with E-state index in [0.29, 0.717) is 35.0 Å². The second kappa shape index (κ2) is 11.6. The van der Waals surface area contributed by atoms with Crippen LogP contribution in [0.3, 0.4) is 0 Å². The van der Waals surface area contributed by atoms with Crippen molar-refractivity contribution < 1.29 is 22.8 Å². The number of nitrogens with zero attached hydrogens (tertiary/aromatic N) is 1. The summed E-state index contributed by atoms with van der Waals surface area (Å²) in [5.74, 6) is -0.607. The SMILES string of the molecule is CC(C)(C)c1ccc(/C=C2\SC(=S)N(CCCCCC(=O)Nc3ccccc3C(F)(F)F)C2=O)cc1. The van der Waals surface area contributed by atoms with E-state index in [2.05, 4.69) is 38.2 Å². The largest absolute Gasteiger partial charge is 0.418 e. The van der Waals surface area contributed by atoms with Gasteiger partial charge in [0.15, 0.2) is 0 Å². The Morgan fingerprint density at radius 2 is 1.69 bits per heavy atom. The molecule has 1 saturated heterocycles. The van der Waals surface area contributed by atoms with Crippen LogP contribution >= 0.6 is 24.0 Å². The third-order valence-electron chi connectivity index (χ3n) is 5.74. The molecule has 9 heteroatoms. The van der Waals surface area contributed by atoms with Crippen molar-refractivity contribution in [1.82, 2.24) is 4.90 Å². The molecule has 1 aliphatic heterocycles. The second-order valence-corrected chi connectivity index (χ2v) is 11.3. The first-order valence-electron chi connectivity index (χ1n) is 11.7. The monoisotopic (exact) mass is 534 g/mol.